The lowest BCUT2D eigenvalue weighted by molar-refractivity contribution is 0.578. The van der Waals surface area contributed by atoms with Gasteiger partial charge in [-0.2, -0.15) is 0 Å². The van der Waals surface area contributed by atoms with Crippen LogP contribution in [0.25, 0.3) is 0 Å². The van der Waals surface area contributed by atoms with Crippen LogP contribution in [0.15, 0.2) is 46.9 Å². The Balaban J connectivity index is 2.14. The van der Waals surface area contributed by atoms with Crippen molar-refractivity contribution in [2.45, 2.75) is 38.6 Å². The summed E-state index contributed by atoms with van der Waals surface area (Å²) in [6.07, 6.45) is 0.628. The summed E-state index contributed by atoms with van der Waals surface area (Å²) in [5.41, 5.74) is 9.25. The average Bonchev–Trinajstić information content (AvgIpc) is 2.38. The van der Waals surface area contributed by atoms with E-state index in [0.717, 1.165) is 10.0 Å². The number of rotatable bonds is 3. The first-order valence-corrected chi connectivity index (χ1v) is 7.86. The quantitative estimate of drug-likeness (QED) is 0.816. The lowest BCUT2D eigenvalue weighted by Gasteiger charge is -2.20. The van der Waals surface area contributed by atoms with Gasteiger partial charge in [-0.15, -0.1) is 0 Å². The lowest BCUT2D eigenvalue weighted by atomic mass is 9.86. The van der Waals surface area contributed by atoms with Gasteiger partial charge in [-0.05, 0) is 35.1 Å². The Kier molecular flexibility index (Phi) is 4.84. The molecule has 2 aromatic carbocycles. The molecule has 1 unspecified atom stereocenters. The van der Waals surface area contributed by atoms with Crippen molar-refractivity contribution in [3.05, 3.63) is 69.4 Å². The van der Waals surface area contributed by atoms with Crippen LogP contribution in [0.4, 0.5) is 4.39 Å². The number of hydrogen-bond donors (Lipinski definition) is 1. The minimum atomic E-state index is -0.335. The molecular formula is C18H21BrFN. The van der Waals surface area contributed by atoms with Crippen molar-refractivity contribution in [2.75, 3.05) is 0 Å². The first-order chi connectivity index (χ1) is 9.77. The van der Waals surface area contributed by atoms with E-state index in [0.29, 0.717) is 12.0 Å². The van der Waals surface area contributed by atoms with Gasteiger partial charge in [0.15, 0.2) is 0 Å². The second-order valence-corrected chi connectivity index (χ2v) is 7.34. The molecule has 0 aliphatic heterocycles. The molecule has 1 nitrogen and oxygen atoms in total. The molecule has 0 aliphatic carbocycles. The molecule has 0 heterocycles. The number of nitrogens with two attached hydrogens (primary N) is 1. The van der Waals surface area contributed by atoms with Gasteiger partial charge in [0.1, 0.15) is 5.82 Å². The van der Waals surface area contributed by atoms with Crippen molar-refractivity contribution in [3.63, 3.8) is 0 Å². The normalized spacial score (nSPS) is 13.2. The second kappa shape index (κ2) is 6.29. The van der Waals surface area contributed by atoms with Crippen LogP contribution in [0, 0.1) is 5.82 Å². The first kappa shape index (κ1) is 16.2. The summed E-state index contributed by atoms with van der Waals surface area (Å²) in [6.45, 7) is 6.56. The Bertz CT molecular complexity index is 614. The van der Waals surface area contributed by atoms with Crippen molar-refractivity contribution in [2.24, 2.45) is 5.73 Å². The largest absolute Gasteiger partial charge is 0.324 e. The summed E-state index contributed by atoms with van der Waals surface area (Å²) in [6, 6.07) is 13.1. The topological polar surface area (TPSA) is 26.0 Å². The van der Waals surface area contributed by atoms with E-state index in [-0.39, 0.29) is 17.3 Å². The molecule has 0 saturated heterocycles. The van der Waals surface area contributed by atoms with Crippen molar-refractivity contribution in [1.29, 1.82) is 0 Å². The summed E-state index contributed by atoms with van der Waals surface area (Å²) >= 11 is 3.26. The highest BCUT2D eigenvalue weighted by atomic mass is 79.9. The minimum Gasteiger partial charge on any atom is -0.324 e. The van der Waals surface area contributed by atoms with E-state index in [1.54, 1.807) is 6.07 Å². The van der Waals surface area contributed by atoms with Crippen LogP contribution in [0.1, 0.15) is 43.5 Å². The summed E-state index contributed by atoms with van der Waals surface area (Å²) in [7, 11) is 0. The monoisotopic (exact) mass is 349 g/mol. The summed E-state index contributed by atoms with van der Waals surface area (Å²) in [5, 5.41) is 0. The van der Waals surface area contributed by atoms with E-state index in [4.69, 9.17) is 5.73 Å². The van der Waals surface area contributed by atoms with E-state index in [1.165, 1.54) is 11.6 Å². The second-order valence-electron chi connectivity index (χ2n) is 6.42. The van der Waals surface area contributed by atoms with Gasteiger partial charge in [-0.3, -0.25) is 0 Å². The zero-order valence-corrected chi connectivity index (χ0v) is 14.2. The summed E-state index contributed by atoms with van der Waals surface area (Å²) < 4.78 is 14.6. The zero-order chi connectivity index (χ0) is 15.6. The van der Waals surface area contributed by atoms with E-state index in [1.807, 2.05) is 6.07 Å². The van der Waals surface area contributed by atoms with Gasteiger partial charge in [0.2, 0.25) is 0 Å². The number of benzene rings is 2. The number of halogens is 2. The maximum Gasteiger partial charge on any atom is 0.129 e. The van der Waals surface area contributed by atoms with E-state index in [9.17, 15) is 4.39 Å². The van der Waals surface area contributed by atoms with E-state index < -0.39 is 0 Å². The van der Waals surface area contributed by atoms with Gasteiger partial charge in [0.25, 0.3) is 0 Å². The third kappa shape index (κ3) is 4.14. The van der Waals surface area contributed by atoms with Crippen LogP contribution in [-0.4, -0.2) is 0 Å². The fraction of sp³-hybridized carbons (Fsp3) is 0.333. The molecule has 1 atom stereocenters. The molecule has 0 saturated carbocycles. The van der Waals surface area contributed by atoms with Crippen LogP contribution in [0.5, 0.6) is 0 Å². The highest BCUT2D eigenvalue weighted by Crippen LogP contribution is 2.25. The minimum absolute atomic E-state index is 0.137. The Morgan fingerprint density at radius 1 is 1.10 bits per heavy atom. The van der Waals surface area contributed by atoms with Gasteiger partial charge in [-0.25, -0.2) is 4.39 Å². The molecule has 0 radical (unpaired) electrons. The lowest BCUT2D eigenvalue weighted by Crippen LogP contribution is -2.15. The highest BCUT2D eigenvalue weighted by molar-refractivity contribution is 9.10. The van der Waals surface area contributed by atoms with Gasteiger partial charge >= 0.3 is 0 Å². The third-order valence-corrected chi connectivity index (χ3v) is 4.13. The first-order valence-electron chi connectivity index (χ1n) is 7.07. The van der Waals surface area contributed by atoms with Crippen molar-refractivity contribution in [1.82, 2.24) is 0 Å². The Hall–Kier alpha value is -1.19. The maximum atomic E-state index is 13.9. The zero-order valence-electron chi connectivity index (χ0n) is 12.7. The van der Waals surface area contributed by atoms with Crippen LogP contribution in [0.2, 0.25) is 0 Å². The molecule has 3 heteroatoms. The summed E-state index contributed by atoms with van der Waals surface area (Å²) in [4.78, 5) is 0. The predicted molar refractivity (Wildman–Crippen MR) is 89.9 cm³/mol. The van der Waals surface area contributed by atoms with Crippen LogP contribution >= 0.6 is 15.9 Å². The standard InChI is InChI=1S/C18H21BrFN/c1-18(2,3)13-6-4-12(5-7-13)10-17(21)15-9-8-14(19)11-16(15)20/h4-9,11,17H,10,21H2,1-3H3. The Labute approximate surface area is 134 Å². The molecule has 2 N–H and O–H groups in total. The van der Waals surface area contributed by atoms with Gasteiger partial charge in [-0.1, -0.05) is 67.0 Å². The Morgan fingerprint density at radius 2 is 1.71 bits per heavy atom. The molecule has 112 valence electrons. The van der Waals surface area contributed by atoms with Gasteiger partial charge in [0.05, 0.1) is 0 Å². The SMILES string of the molecule is CC(C)(C)c1ccc(CC(N)c2ccc(Br)cc2F)cc1. The Morgan fingerprint density at radius 3 is 2.24 bits per heavy atom. The predicted octanol–water partition coefficient (Wildman–Crippen LogP) is 5.13. The van der Waals surface area contributed by atoms with E-state index >= 15 is 0 Å². The van der Waals surface area contributed by atoms with E-state index in [2.05, 4.69) is 61.0 Å². The molecule has 0 spiro atoms. The smallest absolute Gasteiger partial charge is 0.129 e. The van der Waals surface area contributed by atoms with Gasteiger partial charge < -0.3 is 5.73 Å². The fourth-order valence-electron chi connectivity index (χ4n) is 2.31. The molecule has 0 fully saturated rings. The fourth-order valence-corrected chi connectivity index (χ4v) is 2.64. The molecule has 21 heavy (non-hydrogen) atoms. The summed E-state index contributed by atoms with van der Waals surface area (Å²) in [5.74, 6) is -0.261. The van der Waals surface area contributed by atoms with Gasteiger partial charge in [0, 0.05) is 16.1 Å². The molecule has 0 aliphatic rings. The van der Waals surface area contributed by atoms with Crippen molar-refractivity contribution in [3.8, 4) is 0 Å². The molecular weight excluding hydrogens is 329 g/mol. The van der Waals surface area contributed by atoms with Crippen molar-refractivity contribution >= 4 is 15.9 Å². The number of hydrogen-bond acceptors (Lipinski definition) is 1. The third-order valence-electron chi connectivity index (χ3n) is 3.64. The average molecular weight is 350 g/mol. The molecule has 2 aromatic rings. The highest BCUT2D eigenvalue weighted by Gasteiger charge is 2.15. The molecule has 0 aromatic heterocycles. The molecule has 2 rings (SSSR count). The molecule has 0 amide bonds. The van der Waals surface area contributed by atoms with Crippen LogP contribution in [-0.2, 0) is 11.8 Å². The maximum absolute atomic E-state index is 13.9. The van der Waals surface area contributed by atoms with Crippen molar-refractivity contribution < 1.29 is 4.39 Å². The van der Waals surface area contributed by atoms with Crippen LogP contribution < -0.4 is 5.73 Å². The molecule has 0 bridgehead atoms. The van der Waals surface area contributed by atoms with Crippen LogP contribution in [0.3, 0.4) is 0 Å².